The molecule has 3 heterocycles. The van der Waals surface area contributed by atoms with Crippen molar-refractivity contribution in [3.8, 4) is 39.6 Å². The van der Waals surface area contributed by atoms with Gasteiger partial charge in [0.15, 0.2) is 0 Å². The molecule has 0 aliphatic carbocycles. The number of hydrogen-bond donors (Lipinski definition) is 0. The van der Waals surface area contributed by atoms with Gasteiger partial charge < -0.3 is 19.1 Å². The van der Waals surface area contributed by atoms with Gasteiger partial charge in [-0.1, -0.05) is 137 Å². The molecule has 0 saturated carbocycles. The van der Waals surface area contributed by atoms with Crippen molar-refractivity contribution in [2.75, 3.05) is 9.80 Å². The molecule has 73 heavy (non-hydrogen) atoms. The first-order valence-electron chi connectivity index (χ1n) is 25.2. The predicted molar refractivity (Wildman–Crippen MR) is 295 cm³/mol. The van der Waals surface area contributed by atoms with Crippen LogP contribution in [0.2, 0.25) is 0 Å². The largest absolute Gasteiger partial charge is 0.509 e. The first-order chi connectivity index (χ1) is 34.2. The third-order valence-electron chi connectivity index (χ3n) is 14.1. The van der Waals surface area contributed by atoms with Crippen LogP contribution in [0.15, 0.2) is 140 Å². The van der Waals surface area contributed by atoms with E-state index < -0.39 is 11.6 Å². The van der Waals surface area contributed by atoms with Crippen LogP contribution in [0, 0.1) is 30.4 Å². The van der Waals surface area contributed by atoms with E-state index in [-0.39, 0.29) is 49.6 Å². The van der Waals surface area contributed by atoms with Gasteiger partial charge in [0.05, 0.1) is 0 Å². The summed E-state index contributed by atoms with van der Waals surface area (Å²) in [5.74, 6) is 1.11. The van der Waals surface area contributed by atoms with Gasteiger partial charge >= 0.3 is 0 Å². The van der Waals surface area contributed by atoms with Crippen molar-refractivity contribution in [1.82, 2.24) is 9.55 Å². The van der Waals surface area contributed by atoms with E-state index in [1.807, 2.05) is 30.5 Å². The Hall–Kier alpha value is -6.56. The number of pyridine rings is 1. The van der Waals surface area contributed by atoms with Gasteiger partial charge in [-0.2, -0.15) is 6.07 Å². The van der Waals surface area contributed by atoms with Gasteiger partial charge in [0.25, 0.3) is 0 Å². The van der Waals surface area contributed by atoms with Crippen LogP contribution in [0.3, 0.4) is 0 Å². The summed E-state index contributed by atoms with van der Waals surface area (Å²) in [4.78, 5) is 9.29. The number of aromatic nitrogens is 2. The van der Waals surface area contributed by atoms with Crippen LogP contribution < -0.4 is 14.5 Å². The molecule has 8 heteroatoms. The molecule has 0 atom stereocenters. The zero-order chi connectivity index (χ0) is 51.0. The van der Waals surface area contributed by atoms with Gasteiger partial charge in [0, 0.05) is 73.0 Å². The van der Waals surface area contributed by atoms with E-state index in [0.717, 1.165) is 84.3 Å². The number of benzene rings is 7. The molecule has 0 spiro atoms. The van der Waals surface area contributed by atoms with E-state index >= 15 is 4.39 Å². The van der Waals surface area contributed by atoms with Gasteiger partial charge in [0.2, 0.25) is 0 Å². The van der Waals surface area contributed by atoms with Crippen LogP contribution in [-0.2, 0) is 31.9 Å². The Bertz CT molecular complexity index is 3470. The molecule has 10 rings (SSSR count). The summed E-state index contributed by atoms with van der Waals surface area (Å²) >= 11 is 0. The Balaban J connectivity index is 0.00000656. The van der Waals surface area contributed by atoms with E-state index in [2.05, 4.69) is 207 Å². The molecule has 2 aromatic heterocycles. The number of ether oxygens (including phenoxy) is 1. The third-order valence-corrected chi connectivity index (χ3v) is 14.1. The minimum atomic E-state index is -0.597. The minimum Gasteiger partial charge on any atom is -0.509 e. The van der Waals surface area contributed by atoms with Crippen LogP contribution in [0.5, 0.6) is 11.5 Å². The second kappa shape index (κ2) is 19.7. The maximum absolute atomic E-state index is 15.6. The standard InChI is InChI=1S/C65H63F2N4O.Pt/c1-39(2)42-20-25-59-61(33-42)70(63-55(40(3)4)31-45(32-56(63)41(5)6)52-23-21-48(66)35-57(52)67)38-69(59)49-29-44(43-27-46(64(7,8)9)34-47(28-43)65(10,11)12)30-51(36-49)72-50-22-24-54-53-17-13-14-18-58(53)71(60(54)37-50)62-19-15-16-26-68-62;/h13-35,38-41H,1-12H3;/q-3;. The van der Waals surface area contributed by atoms with E-state index in [9.17, 15) is 4.39 Å². The molecule has 0 unspecified atom stereocenters. The summed E-state index contributed by atoms with van der Waals surface area (Å²) in [6.07, 6.45) is 1.81. The summed E-state index contributed by atoms with van der Waals surface area (Å²) in [5.41, 5.74) is 14.5. The average molecular weight is 1150 g/mol. The molecule has 9 aromatic rings. The van der Waals surface area contributed by atoms with Crippen molar-refractivity contribution >= 4 is 44.6 Å². The summed E-state index contributed by atoms with van der Waals surface area (Å²) < 4.78 is 38.9. The van der Waals surface area contributed by atoms with Gasteiger partial charge in [-0.15, -0.1) is 53.6 Å². The monoisotopic (exact) mass is 1150 g/mol. The molecule has 7 aromatic carbocycles. The Kier molecular flexibility index (Phi) is 13.9. The third kappa shape index (κ3) is 9.86. The number of fused-ring (bicyclic) bond motifs is 4. The Morgan fingerprint density at radius 1 is 0.575 bits per heavy atom. The number of rotatable bonds is 10. The normalized spacial score (nSPS) is 12.9. The van der Waals surface area contributed by atoms with E-state index in [4.69, 9.17) is 9.72 Å². The van der Waals surface area contributed by atoms with Gasteiger partial charge in [-0.05, 0) is 128 Å². The zero-order valence-electron chi connectivity index (χ0n) is 43.9. The van der Waals surface area contributed by atoms with Crippen LogP contribution in [0.4, 0.5) is 31.5 Å². The number of para-hydroxylation sites is 1. The number of halogens is 2. The summed E-state index contributed by atoms with van der Waals surface area (Å²) in [5, 5.41) is 2.16. The fourth-order valence-corrected chi connectivity index (χ4v) is 9.94. The molecule has 0 bridgehead atoms. The van der Waals surface area contributed by atoms with Crippen molar-refractivity contribution in [1.29, 1.82) is 0 Å². The van der Waals surface area contributed by atoms with Crippen molar-refractivity contribution in [3.63, 3.8) is 0 Å². The van der Waals surface area contributed by atoms with Crippen molar-refractivity contribution < 1.29 is 34.6 Å². The zero-order valence-corrected chi connectivity index (χ0v) is 46.1. The van der Waals surface area contributed by atoms with E-state index in [1.165, 1.54) is 22.8 Å². The Morgan fingerprint density at radius 3 is 1.88 bits per heavy atom. The molecular weight excluding hydrogens is 1090 g/mol. The van der Waals surface area contributed by atoms with Crippen LogP contribution in [0.1, 0.15) is 129 Å². The predicted octanol–water partition coefficient (Wildman–Crippen LogP) is 18.6. The van der Waals surface area contributed by atoms with Crippen LogP contribution >= 0.6 is 0 Å². The quantitative estimate of drug-likeness (QED) is 0.128. The molecule has 376 valence electrons. The second-order valence-corrected chi connectivity index (χ2v) is 22.3. The summed E-state index contributed by atoms with van der Waals surface area (Å²) in [7, 11) is 0. The molecule has 0 fully saturated rings. The Labute approximate surface area is 445 Å². The molecule has 1 aliphatic heterocycles. The Morgan fingerprint density at radius 2 is 1.25 bits per heavy atom. The summed E-state index contributed by atoms with van der Waals surface area (Å²) in [6, 6.07) is 51.9. The topological polar surface area (TPSA) is 33.5 Å². The fourth-order valence-electron chi connectivity index (χ4n) is 9.94. The molecular formula is C65H63F2N4OPt-3. The summed E-state index contributed by atoms with van der Waals surface area (Å²) in [6.45, 7) is 28.9. The fraction of sp³-hybridized carbons (Fsp3) is 0.262. The number of hydrogen-bond acceptors (Lipinski definition) is 4. The maximum Gasteiger partial charge on any atom is 0.135 e. The van der Waals surface area contributed by atoms with E-state index in [0.29, 0.717) is 17.1 Å². The molecule has 0 amide bonds. The van der Waals surface area contributed by atoms with Crippen LogP contribution in [0.25, 0.3) is 49.9 Å². The maximum atomic E-state index is 15.6. The van der Waals surface area contributed by atoms with E-state index in [1.54, 1.807) is 6.07 Å². The minimum absolute atomic E-state index is 0. The van der Waals surface area contributed by atoms with Gasteiger partial charge in [0.1, 0.15) is 17.5 Å². The molecule has 0 saturated heterocycles. The molecule has 0 N–H and O–H groups in total. The average Bonchev–Trinajstić information content (AvgIpc) is 3.88. The molecule has 0 radical (unpaired) electrons. The smallest absolute Gasteiger partial charge is 0.135 e. The first-order valence-corrected chi connectivity index (χ1v) is 25.2. The first kappa shape index (κ1) is 51.3. The van der Waals surface area contributed by atoms with Gasteiger partial charge in [-0.25, -0.2) is 13.8 Å². The van der Waals surface area contributed by atoms with Gasteiger partial charge in [-0.3, -0.25) is 0 Å². The van der Waals surface area contributed by atoms with Crippen LogP contribution in [-0.4, -0.2) is 9.55 Å². The number of anilines is 4. The SMILES string of the molecule is CC(C)c1ccc2c(c1)N(c1c(C(C)C)cc(-c3ccc(F)cc3F)cc1C(C)C)[CH-]N2c1[c-]c(Oc2[c-]c3c(cc2)c2ccccc2n3-c2ccccn2)cc(-c2cc(C(C)(C)C)cc(C(C)(C)C)c2)c1.[Pt]. The number of nitrogens with zero attached hydrogens (tertiary/aromatic N) is 4. The van der Waals surface area contributed by atoms with Crippen molar-refractivity contribution in [3.05, 3.63) is 198 Å². The second-order valence-electron chi connectivity index (χ2n) is 22.3. The van der Waals surface area contributed by atoms with Crippen molar-refractivity contribution in [2.24, 2.45) is 0 Å². The molecule has 5 nitrogen and oxygen atoms in total. The van der Waals surface area contributed by atoms with Crippen molar-refractivity contribution in [2.45, 2.75) is 112 Å². The molecule has 1 aliphatic rings.